The minimum absolute atomic E-state index is 0.0839. The number of hydrogen-bond acceptors (Lipinski definition) is 5. The van der Waals surface area contributed by atoms with Gasteiger partial charge in [0.05, 0.1) is 18.8 Å². The summed E-state index contributed by atoms with van der Waals surface area (Å²) >= 11 is 0. The molecule has 0 unspecified atom stereocenters. The molecule has 0 fully saturated rings. The molecule has 0 saturated carbocycles. The van der Waals surface area contributed by atoms with Gasteiger partial charge in [0.2, 0.25) is 5.88 Å². The number of hydrogen-bond donors (Lipinski definition) is 1. The number of rotatable bonds is 1. The second-order valence-corrected chi connectivity index (χ2v) is 2.54. The first-order chi connectivity index (χ1) is 6.74. The van der Waals surface area contributed by atoms with E-state index < -0.39 is 11.7 Å². The molecule has 0 aliphatic carbocycles. The van der Waals surface area contributed by atoms with Crippen molar-refractivity contribution in [1.29, 1.82) is 0 Å². The Hall–Kier alpha value is -1.98. The van der Waals surface area contributed by atoms with Crippen LogP contribution >= 0.6 is 0 Å². The van der Waals surface area contributed by atoms with Crippen molar-refractivity contribution in [2.45, 2.75) is 0 Å². The van der Waals surface area contributed by atoms with Crippen LogP contribution in [0.15, 0.2) is 12.5 Å². The summed E-state index contributed by atoms with van der Waals surface area (Å²) in [6, 6.07) is 0. The van der Waals surface area contributed by atoms with E-state index in [1.54, 1.807) is 0 Å². The Labute approximate surface area is 78.2 Å². The van der Waals surface area contributed by atoms with Crippen molar-refractivity contribution in [2.24, 2.45) is 0 Å². The van der Waals surface area contributed by atoms with E-state index in [2.05, 4.69) is 19.7 Å². The van der Waals surface area contributed by atoms with E-state index in [4.69, 9.17) is 0 Å². The van der Waals surface area contributed by atoms with Crippen molar-refractivity contribution < 1.29 is 14.2 Å². The summed E-state index contributed by atoms with van der Waals surface area (Å²) in [5.41, 5.74) is 0.232. The molecule has 0 saturated heterocycles. The number of fused-ring (bicyclic) bond motifs is 1. The first-order valence-electron chi connectivity index (χ1n) is 3.76. The minimum atomic E-state index is -0.761. The smallest absolute Gasteiger partial charge is 0.251 e. The summed E-state index contributed by atoms with van der Waals surface area (Å²) in [7, 11) is 1.29. The van der Waals surface area contributed by atoms with Crippen LogP contribution in [0.1, 0.15) is 0 Å². The number of pyridine rings is 1. The predicted molar refractivity (Wildman–Crippen MR) is 45.5 cm³/mol. The van der Waals surface area contributed by atoms with Crippen LogP contribution < -0.4 is 4.74 Å². The molecular formula is C8H6FN3O2. The Morgan fingerprint density at radius 1 is 1.36 bits per heavy atom. The van der Waals surface area contributed by atoms with Gasteiger partial charge in [-0.3, -0.25) is 0 Å². The number of aromatic hydroxyl groups is 1. The van der Waals surface area contributed by atoms with Gasteiger partial charge in [-0.1, -0.05) is 0 Å². The summed E-state index contributed by atoms with van der Waals surface area (Å²) in [5.74, 6) is -1.38. The summed E-state index contributed by atoms with van der Waals surface area (Å²) in [4.78, 5) is 10.9. The molecule has 0 aliphatic rings. The fourth-order valence-corrected chi connectivity index (χ4v) is 1.12. The van der Waals surface area contributed by atoms with Crippen molar-refractivity contribution in [1.82, 2.24) is 15.0 Å². The van der Waals surface area contributed by atoms with Crippen LogP contribution in [0, 0.1) is 5.82 Å². The van der Waals surface area contributed by atoms with Gasteiger partial charge in [-0.05, 0) is 0 Å². The number of ether oxygens (including phenoxy) is 1. The summed E-state index contributed by atoms with van der Waals surface area (Å²) in [6.45, 7) is 0. The molecule has 0 aromatic carbocycles. The fraction of sp³-hybridized carbons (Fsp3) is 0.125. The third kappa shape index (κ3) is 1.12. The van der Waals surface area contributed by atoms with Crippen molar-refractivity contribution in [3.05, 3.63) is 18.3 Å². The van der Waals surface area contributed by atoms with E-state index in [-0.39, 0.29) is 16.8 Å². The first kappa shape index (κ1) is 8.61. The van der Waals surface area contributed by atoms with Gasteiger partial charge in [0, 0.05) is 0 Å². The maximum atomic E-state index is 13.5. The monoisotopic (exact) mass is 195 g/mol. The molecule has 0 amide bonds. The second-order valence-electron chi connectivity index (χ2n) is 2.54. The van der Waals surface area contributed by atoms with Gasteiger partial charge in [0.15, 0.2) is 5.82 Å². The van der Waals surface area contributed by atoms with Crippen LogP contribution in [0.3, 0.4) is 0 Å². The Bertz CT molecular complexity index is 489. The average molecular weight is 195 g/mol. The molecule has 0 aliphatic heterocycles. The molecule has 0 atom stereocenters. The molecule has 5 nitrogen and oxygen atoms in total. The number of halogens is 1. The molecule has 14 heavy (non-hydrogen) atoms. The van der Waals surface area contributed by atoms with Crippen molar-refractivity contribution in [2.75, 3.05) is 7.11 Å². The first-order valence-corrected chi connectivity index (χ1v) is 3.76. The van der Waals surface area contributed by atoms with Gasteiger partial charge < -0.3 is 9.84 Å². The number of nitrogens with zero attached hydrogens (tertiary/aromatic N) is 3. The van der Waals surface area contributed by atoms with Crippen LogP contribution in [-0.4, -0.2) is 27.2 Å². The largest absolute Gasteiger partial charge is 0.493 e. The van der Waals surface area contributed by atoms with Crippen molar-refractivity contribution >= 4 is 10.9 Å². The third-order valence-corrected chi connectivity index (χ3v) is 1.76. The lowest BCUT2D eigenvalue weighted by molar-refractivity contribution is 0.370. The highest BCUT2D eigenvalue weighted by atomic mass is 19.1. The Balaban J connectivity index is 2.86. The van der Waals surface area contributed by atoms with Gasteiger partial charge in [-0.2, -0.15) is 0 Å². The summed E-state index contributed by atoms with van der Waals surface area (Å²) in [5, 5.41) is 9.21. The molecule has 0 bridgehead atoms. The molecule has 1 N–H and O–H groups in total. The van der Waals surface area contributed by atoms with Gasteiger partial charge >= 0.3 is 0 Å². The van der Waals surface area contributed by atoms with Gasteiger partial charge in [-0.25, -0.2) is 19.3 Å². The Morgan fingerprint density at radius 3 is 2.86 bits per heavy atom. The van der Waals surface area contributed by atoms with Gasteiger partial charge in [0.25, 0.3) is 5.88 Å². The third-order valence-electron chi connectivity index (χ3n) is 1.76. The van der Waals surface area contributed by atoms with E-state index in [0.717, 1.165) is 6.33 Å². The SMILES string of the molecule is COc1ncc2ncnc(O)c2c1F. The van der Waals surface area contributed by atoms with Crippen molar-refractivity contribution in [3.8, 4) is 11.8 Å². The maximum absolute atomic E-state index is 13.5. The minimum Gasteiger partial charge on any atom is -0.493 e. The molecule has 6 heteroatoms. The zero-order chi connectivity index (χ0) is 10.1. The molecule has 2 heterocycles. The van der Waals surface area contributed by atoms with Gasteiger partial charge in [0.1, 0.15) is 11.7 Å². The Kier molecular flexibility index (Phi) is 1.88. The quantitative estimate of drug-likeness (QED) is 0.731. The normalized spacial score (nSPS) is 10.4. The van der Waals surface area contributed by atoms with E-state index in [1.807, 2.05) is 0 Å². The zero-order valence-electron chi connectivity index (χ0n) is 7.23. The second kappa shape index (κ2) is 3.06. The maximum Gasteiger partial charge on any atom is 0.251 e. The van der Waals surface area contributed by atoms with E-state index >= 15 is 0 Å². The van der Waals surface area contributed by atoms with Crippen molar-refractivity contribution in [3.63, 3.8) is 0 Å². The lowest BCUT2D eigenvalue weighted by Crippen LogP contribution is -1.95. The highest BCUT2D eigenvalue weighted by Gasteiger charge is 2.14. The summed E-state index contributed by atoms with van der Waals surface area (Å²) in [6.07, 6.45) is 2.43. The van der Waals surface area contributed by atoms with Crippen LogP contribution in [0.4, 0.5) is 4.39 Å². The van der Waals surface area contributed by atoms with E-state index in [0.29, 0.717) is 0 Å². The molecule has 2 aromatic rings. The topological polar surface area (TPSA) is 68.1 Å². The molecule has 72 valence electrons. The highest BCUT2D eigenvalue weighted by molar-refractivity contribution is 5.83. The summed E-state index contributed by atoms with van der Waals surface area (Å²) < 4.78 is 18.2. The van der Waals surface area contributed by atoms with Crippen LogP contribution in [0.2, 0.25) is 0 Å². The van der Waals surface area contributed by atoms with Crippen LogP contribution in [0.25, 0.3) is 10.9 Å². The fourth-order valence-electron chi connectivity index (χ4n) is 1.12. The lowest BCUT2D eigenvalue weighted by atomic mass is 10.3. The average Bonchev–Trinajstić information content (AvgIpc) is 2.18. The molecule has 0 spiro atoms. The highest BCUT2D eigenvalue weighted by Crippen LogP contribution is 2.27. The van der Waals surface area contributed by atoms with Gasteiger partial charge in [-0.15, -0.1) is 0 Å². The number of methoxy groups -OCH3 is 1. The number of aromatic nitrogens is 3. The lowest BCUT2D eigenvalue weighted by Gasteiger charge is -2.03. The van der Waals surface area contributed by atoms with Crippen LogP contribution in [-0.2, 0) is 0 Å². The zero-order valence-corrected chi connectivity index (χ0v) is 7.23. The van der Waals surface area contributed by atoms with Crippen LogP contribution in [0.5, 0.6) is 11.8 Å². The molecular weight excluding hydrogens is 189 g/mol. The predicted octanol–water partition coefficient (Wildman–Crippen LogP) is 0.878. The molecule has 0 radical (unpaired) electrons. The van der Waals surface area contributed by atoms with E-state index in [9.17, 15) is 9.50 Å². The van der Waals surface area contributed by atoms with E-state index in [1.165, 1.54) is 13.3 Å². The molecule has 2 aromatic heterocycles. The Morgan fingerprint density at radius 2 is 2.14 bits per heavy atom. The standard InChI is InChI=1S/C8H6FN3O2/c1-14-8-6(9)5-4(2-10-8)11-3-12-7(5)13/h2-3H,1H3,(H,11,12,13). The molecule has 2 rings (SSSR count).